The van der Waals surface area contributed by atoms with E-state index in [9.17, 15) is 5.11 Å². The zero-order valence-corrected chi connectivity index (χ0v) is 20.0. The normalized spacial score (nSPS) is 20.9. The van der Waals surface area contributed by atoms with Crippen LogP contribution in [-0.4, -0.2) is 29.3 Å². The second-order valence-electron chi connectivity index (χ2n) is 9.47. The van der Waals surface area contributed by atoms with Crippen LogP contribution in [0.1, 0.15) is 90.2 Å². The summed E-state index contributed by atoms with van der Waals surface area (Å²) in [6.07, 6.45) is 9.03. The molecule has 1 saturated heterocycles. The molecule has 0 atom stereocenters. The van der Waals surface area contributed by atoms with Crippen LogP contribution in [0.2, 0.25) is 0 Å². The van der Waals surface area contributed by atoms with Crippen LogP contribution >= 0.6 is 11.3 Å². The summed E-state index contributed by atoms with van der Waals surface area (Å²) in [6, 6.07) is 7.24. The minimum Gasteiger partial charge on any atom is -0.393 e. The molecule has 1 aliphatic carbocycles. The van der Waals surface area contributed by atoms with Crippen molar-refractivity contribution >= 4 is 16.5 Å². The Bertz CT molecular complexity index is 858. The van der Waals surface area contributed by atoms with E-state index in [1.165, 1.54) is 44.1 Å². The second kappa shape index (κ2) is 8.63. The topological polar surface area (TPSA) is 36.4 Å². The lowest BCUT2D eigenvalue weighted by Crippen LogP contribution is -2.39. The Morgan fingerprint density at radius 2 is 1.57 bits per heavy atom. The highest BCUT2D eigenvalue weighted by atomic mass is 32.1. The number of nitrogens with zero attached hydrogens (tertiary/aromatic N) is 2. The number of anilines is 1. The zero-order chi connectivity index (χ0) is 21.4. The van der Waals surface area contributed by atoms with E-state index < -0.39 is 0 Å². The van der Waals surface area contributed by atoms with Crippen LogP contribution in [0.25, 0.3) is 11.3 Å². The molecule has 3 nitrogen and oxygen atoms in total. The van der Waals surface area contributed by atoms with Gasteiger partial charge in [0, 0.05) is 24.0 Å². The minimum absolute atomic E-state index is 0.144. The highest BCUT2D eigenvalue weighted by Gasteiger charge is 2.43. The summed E-state index contributed by atoms with van der Waals surface area (Å²) in [4.78, 5) is 7.35. The number of piperidine rings is 1. The first kappa shape index (κ1) is 21.8. The Hall–Kier alpha value is -1.39. The first-order valence-corrected chi connectivity index (χ1v) is 12.9. The fraction of sp³-hybridized carbons (Fsp3) is 0.654. The summed E-state index contributed by atoms with van der Waals surface area (Å²) in [6.45, 7) is 11.3. The number of aromatic nitrogens is 1. The standard InChI is InChI=1S/C26H38N2OS/c1-5-25(6-2)13-14-26(7-3,8-4)22-17-19(9-10-21(22)25)23-18-30-24(27-23)28-15-11-20(29)12-16-28/h9-10,17-18,20,29H,5-8,11-16H2,1-4H3. The molecule has 0 bridgehead atoms. The van der Waals surface area contributed by atoms with Crippen molar-refractivity contribution in [2.45, 2.75) is 96.0 Å². The largest absolute Gasteiger partial charge is 0.393 e. The summed E-state index contributed by atoms with van der Waals surface area (Å²) in [5.41, 5.74) is 6.21. The van der Waals surface area contributed by atoms with Gasteiger partial charge in [0.2, 0.25) is 0 Å². The molecule has 0 unspecified atom stereocenters. The Kier molecular flexibility index (Phi) is 6.28. The molecule has 164 valence electrons. The fourth-order valence-electron chi connectivity index (χ4n) is 5.92. The first-order chi connectivity index (χ1) is 14.5. The Labute approximate surface area is 186 Å². The molecule has 1 aromatic heterocycles. The Morgan fingerprint density at radius 1 is 0.967 bits per heavy atom. The summed E-state index contributed by atoms with van der Waals surface area (Å²) >= 11 is 1.74. The van der Waals surface area contributed by atoms with Crippen molar-refractivity contribution in [1.29, 1.82) is 0 Å². The number of aliphatic hydroxyl groups excluding tert-OH is 1. The number of hydrogen-bond acceptors (Lipinski definition) is 4. The maximum Gasteiger partial charge on any atom is 0.185 e. The molecule has 1 aromatic carbocycles. The molecular weight excluding hydrogens is 388 g/mol. The number of benzene rings is 1. The van der Waals surface area contributed by atoms with Crippen molar-refractivity contribution in [3.05, 3.63) is 34.7 Å². The molecule has 2 aliphatic rings. The number of fused-ring (bicyclic) bond motifs is 1. The number of hydrogen-bond donors (Lipinski definition) is 1. The van der Waals surface area contributed by atoms with E-state index in [1.807, 2.05) is 0 Å². The molecule has 0 spiro atoms. The van der Waals surface area contributed by atoms with Crippen molar-refractivity contribution < 1.29 is 5.11 Å². The van der Waals surface area contributed by atoms with Gasteiger partial charge in [0.1, 0.15) is 0 Å². The maximum absolute atomic E-state index is 9.80. The van der Waals surface area contributed by atoms with Crippen molar-refractivity contribution in [2.75, 3.05) is 18.0 Å². The molecule has 1 aliphatic heterocycles. The highest BCUT2D eigenvalue weighted by molar-refractivity contribution is 7.14. The minimum atomic E-state index is -0.144. The van der Waals surface area contributed by atoms with Gasteiger partial charge in [-0.25, -0.2) is 4.98 Å². The van der Waals surface area contributed by atoms with Gasteiger partial charge in [-0.05, 0) is 79.4 Å². The highest BCUT2D eigenvalue weighted by Crippen LogP contribution is 2.53. The van der Waals surface area contributed by atoms with E-state index in [1.54, 1.807) is 22.5 Å². The van der Waals surface area contributed by atoms with E-state index in [-0.39, 0.29) is 6.10 Å². The number of thiazole rings is 1. The Morgan fingerprint density at radius 3 is 2.17 bits per heavy atom. The first-order valence-electron chi connectivity index (χ1n) is 12.0. The molecule has 2 heterocycles. The molecule has 1 fully saturated rings. The summed E-state index contributed by atoms with van der Waals surface area (Å²) in [5, 5.41) is 13.1. The molecule has 4 rings (SSSR count). The van der Waals surface area contributed by atoms with Gasteiger partial charge < -0.3 is 10.0 Å². The van der Waals surface area contributed by atoms with Crippen LogP contribution in [0, 0.1) is 0 Å². The van der Waals surface area contributed by atoms with E-state index in [0.29, 0.717) is 10.8 Å². The van der Waals surface area contributed by atoms with Crippen LogP contribution in [-0.2, 0) is 10.8 Å². The van der Waals surface area contributed by atoms with E-state index in [0.717, 1.165) is 36.8 Å². The van der Waals surface area contributed by atoms with Gasteiger partial charge in [-0.2, -0.15) is 0 Å². The van der Waals surface area contributed by atoms with Crippen LogP contribution < -0.4 is 4.90 Å². The lowest BCUT2D eigenvalue weighted by molar-refractivity contribution is 0.145. The van der Waals surface area contributed by atoms with Crippen molar-refractivity contribution in [2.24, 2.45) is 0 Å². The third-order valence-corrected chi connectivity index (χ3v) is 9.38. The maximum atomic E-state index is 9.80. The average molecular weight is 427 g/mol. The quantitative estimate of drug-likeness (QED) is 0.559. The molecule has 0 amide bonds. The lowest BCUT2D eigenvalue weighted by atomic mass is 9.57. The molecule has 1 N–H and O–H groups in total. The van der Waals surface area contributed by atoms with Crippen LogP contribution in [0.3, 0.4) is 0 Å². The predicted molar refractivity (Wildman–Crippen MR) is 129 cm³/mol. The third-order valence-electron chi connectivity index (χ3n) is 8.47. The smallest absolute Gasteiger partial charge is 0.185 e. The van der Waals surface area contributed by atoms with Gasteiger partial charge in [0.05, 0.1) is 11.8 Å². The summed E-state index contributed by atoms with van der Waals surface area (Å²) < 4.78 is 0. The van der Waals surface area contributed by atoms with Gasteiger partial charge in [-0.15, -0.1) is 11.3 Å². The molecule has 0 radical (unpaired) electrons. The van der Waals surface area contributed by atoms with Crippen molar-refractivity contribution in [1.82, 2.24) is 4.98 Å². The van der Waals surface area contributed by atoms with Crippen LogP contribution in [0.5, 0.6) is 0 Å². The van der Waals surface area contributed by atoms with Gasteiger partial charge in [-0.3, -0.25) is 0 Å². The van der Waals surface area contributed by atoms with Gasteiger partial charge in [0.15, 0.2) is 5.13 Å². The summed E-state index contributed by atoms with van der Waals surface area (Å²) in [7, 11) is 0. The van der Waals surface area contributed by atoms with Crippen LogP contribution in [0.15, 0.2) is 23.6 Å². The number of rotatable bonds is 6. The molecular formula is C26H38N2OS. The van der Waals surface area contributed by atoms with Gasteiger partial charge in [0.25, 0.3) is 0 Å². The van der Waals surface area contributed by atoms with Crippen molar-refractivity contribution in [3.8, 4) is 11.3 Å². The van der Waals surface area contributed by atoms with E-state index in [4.69, 9.17) is 4.98 Å². The van der Waals surface area contributed by atoms with Gasteiger partial charge in [-0.1, -0.05) is 39.8 Å². The average Bonchev–Trinajstić information content (AvgIpc) is 3.29. The Balaban J connectivity index is 1.72. The second-order valence-corrected chi connectivity index (χ2v) is 10.3. The number of aliphatic hydroxyl groups is 1. The molecule has 2 aromatic rings. The zero-order valence-electron chi connectivity index (χ0n) is 19.2. The SMILES string of the molecule is CCC1(CC)CCC(CC)(CC)c2cc(-c3csc(N4CCC(O)CC4)n3)ccc21. The molecule has 30 heavy (non-hydrogen) atoms. The van der Waals surface area contributed by atoms with E-state index >= 15 is 0 Å². The molecule has 0 saturated carbocycles. The fourth-order valence-corrected chi connectivity index (χ4v) is 6.81. The van der Waals surface area contributed by atoms with E-state index in [2.05, 4.69) is 56.2 Å². The summed E-state index contributed by atoms with van der Waals surface area (Å²) in [5.74, 6) is 0. The third kappa shape index (κ3) is 3.60. The monoisotopic (exact) mass is 426 g/mol. The van der Waals surface area contributed by atoms with Crippen LogP contribution in [0.4, 0.5) is 5.13 Å². The lowest BCUT2D eigenvalue weighted by Gasteiger charge is -2.48. The van der Waals surface area contributed by atoms with Crippen molar-refractivity contribution in [3.63, 3.8) is 0 Å². The molecule has 4 heteroatoms. The predicted octanol–water partition coefficient (Wildman–Crippen LogP) is 6.68. The van der Waals surface area contributed by atoms with Gasteiger partial charge >= 0.3 is 0 Å².